The standard InChI is InChI=1S/C11H14N4O3/c1-3-9-12-5-8(17-9)6-13-11(16)14-10-4-7(2)15-18-10/h4-5H,3,6H2,1-2H3,(H2,13,14,16). The van der Waals surface area contributed by atoms with Crippen LogP contribution < -0.4 is 10.6 Å². The summed E-state index contributed by atoms with van der Waals surface area (Å²) in [6.45, 7) is 3.99. The van der Waals surface area contributed by atoms with Crippen molar-refractivity contribution in [1.82, 2.24) is 15.5 Å². The lowest BCUT2D eigenvalue weighted by Crippen LogP contribution is -2.27. The fourth-order valence-electron chi connectivity index (χ4n) is 1.34. The van der Waals surface area contributed by atoms with Gasteiger partial charge in [0.05, 0.1) is 18.4 Å². The molecule has 0 spiro atoms. The van der Waals surface area contributed by atoms with Crippen molar-refractivity contribution < 1.29 is 13.7 Å². The van der Waals surface area contributed by atoms with Gasteiger partial charge in [-0.15, -0.1) is 0 Å². The molecule has 2 rings (SSSR count). The van der Waals surface area contributed by atoms with Gasteiger partial charge in [-0.1, -0.05) is 12.1 Å². The van der Waals surface area contributed by atoms with Crippen molar-refractivity contribution in [2.75, 3.05) is 5.32 Å². The Morgan fingerprint density at radius 3 is 2.94 bits per heavy atom. The number of hydrogen-bond acceptors (Lipinski definition) is 5. The summed E-state index contributed by atoms with van der Waals surface area (Å²) in [7, 11) is 0. The summed E-state index contributed by atoms with van der Waals surface area (Å²) < 4.78 is 10.2. The lowest BCUT2D eigenvalue weighted by atomic mass is 10.5. The van der Waals surface area contributed by atoms with E-state index in [1.807, 2.05) is 6.92 Å². The van der Waals surface area contributed by atoms with E-state index in [4.69, 9.17) is 8.94 Å². The molecule has 2 amide bonds. The van der Waals surface area contributed by atoms with Crippen LogP contribution in [-0.4, -0.2) is 16.2 Å². The van der Waals surface area contributed by atoms with Gasteiger partial charge in [0.25, 0.3) is 0 Å². The molecule has 7 nitrogen and oxygen atoms in total. The molecule has 96 valence electrons. The predicted octanol–water partition coefficient (Wildman–Crippen LogP) is 1.86. The van der Waals surface area contributed by atoms with Crippen LogP contribution in [0.3, 0.4) is 0 Å². The molecule has 0 atom stereocenters. The molecule has 0 fully saturated rings. The first-order valence-electron chi connectivity index (χ1n) is 5.59. The molecule has 2 aromatic heterocycles. The van der Waals surface area contributed by atoms with Gasteiger partial charge >= 0.3 is 6.03 Å². The number of carbonyl (C=O) groups is 1. The molecule has 0 aromatic carbocycles. The molecule has 2 heterocycles. The Kier molecular flexibility index (Phi) is 3.61. The number of nitrogens with zero attached hydrogens (tertiary/aromatic N) is 2. The lowest BCUT2D eigenvalue weighted by Gasteiger charge is -2.02. The summed E-state index contributed by atoms with van der Waals surface area (Å²) in [5.41, 5.74) is 0.702. The molecular weight excluding hydrogens is 236 g/mol. The lowest BCUT2D eigenvalue weighted by molar-refractivity contribution is 0.249. The van der Waals surface area contributed by atoms with Crippen molar-refractivity contribution in [3.63, 3.8) is 0 Å². The van der Waals surface area contributed by atoms with Gasteiger partial charge in [-0.05, 0) is 6.92 Å². The molecule has 0 radical (unpaired) electrons. The molecule has 2 N–H and O–H groups in total. The minimum atomic E-state index is -0.388. The van der Waals surface area contributed by atoms with Crippen molar-refractivity contribution in [2.45, 2.75) is 26.8 Å². The van der Waals surface area contributed by atoms with Gasteiger partial charge in [0.1, 0.15) is 5.76 Å². The molecule has 0 aliphatic rings. The third-order valence-corrected chi connectivity index (χ3v) is 2.19. The fraction of sp³-hybridized carbons (Fsp3) is 0.364. The second-order valence-electron chi connectivity index (χ2n) is 3.71. The minimum Gasteiger partial charge on any atom is -0.444 e. The maximum absolute atomic E-state index is 11.5. The summed E-state index contributed by atoms with van der Waals surface area (Å²) in [5, 5.41) is 8.79. The van der Waals surface area contributed by atoms with E-state index >= 15 is 0 Å². The topological polar surface area (TPSA) is 93.2 Å². The predicted molar refractivity (Wildman–Crippen MR) is 63.0 cm³/mol. The Bertz CT molecular complexity index is 532. The van der Waals surface area contributed by atoms with E-state index in [1.165, 1.54) is 0 Å². The van der Waals surface area contributed by atoms with Gasteiger partial charge in [-0.2, -0.15) is 0 Å². The Labute approximate surface area is 104 Å². The monoisotopic (exact) mass is 250 g/mol. The molecular formula is C11H14N4O3. The Hall–Kier alpha value is -2.31. The van der Waals surface area contributed by atoms with Crippen molar-refractivity contribution in [3.05, 3.63) is 29.6 Å². The van der Waals surface area contributed by atoms with E-state index in [1.54, 1.807) is 19.2 Å². The van der Waals surface area contributed by atoms with Crippen LogP contribution in [0.2, 0.25) is 0 Å². The van der Waals surface area contributed by atoms with Crippen LogP contribution in [0, 0.1) is 6.92 Å². The average Bonchev–Trinajstić information content (AvgIpc) is 2.95. The second-order valence-corrected chi connectivity index (χ2v) is 3.71. The average molecular weight is 250 g/mol. The SMILES string of the molecule is CCc1ncc(CNC(=O)Nc2cc(C)no2)o1. The van der Waals surface area contributed by atoms with Gasteiger partial charge < -0.3 is 14.3 Å². The zero-order valence-corrected chi connectivity index (χ0v) is 10.2. The van der Waals surface area contributed by atoms with Crippen LogP contribution in [0.1, 0.15) is 24.3 Å². The molecule has 7 heteroatoms. The van der Waals surface area contributed by atoms with Crippen LogP contribution in [0.25, 0.3) is 0 Å². The van der Waals surface area contributed by atoms with Crippen LogP contribution >= 0.6 is 0 Å². The highest BCUT2D eigenvalue weighted by Crippen LogP contribution is 2.08. The van der Waals surface area contributed by atoms with Gasteiger partial charge in [0.15, 0.2) is 5.89 Å². The van der Waals surface area contributed by atoms with Gasteiger partial charge in [-0.25, -0.2) is 9.78 Å². The number of rotatable bonds is 4. The Morgan fingerprint density at radius 2 is 2.33 bits per heavy atom. The molecule has 0 saturated carbocycles. The third-order valence-electron chi connectivity index (χ3n) is 2.19. The number of urea groups is 1. The summed E-state index contributed by atoms with van der Waals surface area (Å²) in [6, 6.07) is 1.24. The maximum Gasteiger partial charge on any atom is 0.322 e. The highest BCUT2D eigenvalue weighted by molar-refractivity contribution is 5.87. The van der Waals surface area contributed by atoms with Crippen molar-refractivity contribution in [1.29, 1.82) is 0 Å². The molecule has 0 aliphatic heterocycles. The molecule has 0 aliphatic carbocycles. The maximum atomic E-state index is 11.5. The fourth-order valence-corrected chi connectivity index (χ4v) is 1.34. The first-order chi connectivity index (χ1) is 8.67. The molecule has 0 unspecified atom stereocenters. The first-order valence-corrected chi connectivity index (χ1v) is 5.59. The number of oxazole rings is 1. The second kappa shape index (κ2) is 5.35. The van der Waals surface area contributed by atoms with E-state index in [9.17, 15) is 4.79 Å². The van der Waals surface area contributed by atoms with Crippen LogP contribution in [-0.2, 0) is 13.0 Å². The minimum absolute atomic E-state index is 0.270. The quantitative estimate of drug-likeness (QED) is 0.863. The smallest absolute Gasteiger partial charge is 0.322 e. The van der Waals surface area contributed by atoms with Crippen LogP contribution in [0.4, 0.5) is 10.7 Å². The van der Waals surface area contributed by atoms with Crippen molar-refractivity contribution in [3.8, 4) is 0 Å². The summed E-state index contributed by atoms with van der Waals surface area (Å²) in [6.07, 6.45) is 2.32. The molecule has 0 bridgehead atoms. The number of aromatic nitrogens is 2. The Morgan fingerprint density at radius 1 is 1.50 bits per heavy atom. The van der Waals surface area contributed by atoms with Crippen LogP contribution in [0.5, 0.6) is 0 Å². The number of amides is 2. The number of nitrogens with one attached hydrogen (secondary N) is 2. The van der Waals surface area contributed by atoms with Gasteiger partial charge in [-0.3, -0.25) is 5.32 Å². The zero-order valence-electron chi connectivity index (χ0n) is 10.2. The summed E-state index contributed by atoms with van der Waals surface area (Å²) >= 11 is 0. The van der Waals surface area contributed by atoms with Crippen LogP contribution in [0.15, 0.2) is 21.2 Å². The largest absolute Gasteiger partial charge is 0.444 e. The first kappa shape index (κ1) is 12.2. The van der Waals surface area contributed by atoms with Crippen molar-refractivity contribution >= 4 is 11.9 Å². The number of aryl methyl sites for hydroxylation is 2. The third kappa shape index (κ3) is 3.09. The highest BCUT2D eigenvalue weighted by atomic mass is 16.5. The summed E-state index contributed by atoms with van der Waals surface area (Å²) in [4.78, 5) is 15.5. The van der Waals surface area contributed by atoms with Crippen molar-refractivity contribution in [2.24, 2.45) is 0 Å². The molecule has 18 heavy (non-hydrogen) atoms. The van der Waals surface area contributed by atoms with E-state index < -0.39 is 0 Å². The highest BCUT2D eigenvalue weighted by Gasteiger charge is 2.07. The zero-order chi connectivity index (χ0) is 13.0. The number of anilines is 1. The molecule has 0 saturated heterocycles. The number of hydrogen-bond donors (Lipinski definition) is 2. The normalized spacial score (nSPS) is 10.3. The van der Waals surface area contributed by atoms with E-state index in [2.05, 4.69) is 20.8 Å². The van der Waals surface area contributed by atoms with E-state index in [0.29, 0.717) is 23.2 Å². The van der Waals surface area contributed by atoms with Gasteiger partial charge in [0, 0.05) is 12.5 Å². The number of carbonyl (C=O) groups excluding carboxylic acids is 1. The Balaban J connectivity index is 1.81. The summed E-state index contributed by atoms with van der Waals surface area (Å²) in [5.74, 6) is 1.56. The van der Waals surface area contributed by atoms with E-state index in [0.717, 1.165) is 6.42 Å². The van der Waals surface area contributed by atoms with Gasteiger partial charge in [0.2, 0.25) is 5.88 Å². The molecule has 2 aromatic rings. The van der Waals surface area contributed by atoms with E-state index in [-0.39, 0.29) is 12.6 Å².